The molecule has 0 saturated heterocycles. The van der Waals surface area contributed by atoms with Gasteiger partial charge in [-0.3, -0.25) is 4.79 Å². The molecular weight excluding hydrogens is 272 g/mol. The molecule has 0 atom stereocenters. The average Bonchev–Trinajstić information content (AvgIpc) is 2.52. The van der Waals surface area contributed by atoms with Crippen LogP contribution in [-0.4, -0.2) is 62.2 Å². The van der Waals surface area contributed by atoms with E-state index in [1.54, 1.807) is 31.4 Å². The highest BCUT2D eigenvalue weighted by molar-refractivity contribution is 6.01. The zero-order chi connectivity index (χ0) is 15.7. The van der Waals surface area contributed by atoms with Gasteiger partial charge in [-0.05, 0) is 19.2 Å². The van der Waals surface area contributed by atoms with E-state index in [1.807, 2.05) is 7.05 Å². The van der Waals surface area contributed by atoms with Crippen molar-refractivity contribution in [1.82, 2.24) is 10.2 Å². The average molecular weight is 294 g/mol. The van der Waals surface area contributed by atoms with Crippen LogP contribution >= 0.6 is 0 Å². The molecule has 0 saturated carbocycles. The van der Waals surface area contributed by atoms with Crippen molar-refractivity contribution in [2.24, 2.45) is 10.9 Å². The maximum atomic E-state index is 12.0. The van der Waals surface area contributed by atoms with Crippen LogP contribution in [0.15, 0.2) is 29.4 Å². The van der Waals surface area contributed by atoms with Gasteiger partial charge in [0, 0.05) is 37.9 Å². The van der Waals surface area contributed by atoms with E-state index in [9.17, 15) is 4.79 Å². The van der Waals surface area contributed by atoms with Gasteiger partial charge in [0.2, 0.25) is 0 Å². The molecule has 0 fully saturated rings. The van der Waals surface area contributed by atoms with E-state index in [0.717, 1.165) is 13.1 Å². The number of nitrogens with one attached hydrogen (secondary N) is 1. The van der Waals surface area contributed by atoms with Gasteiger partial charge in [0.15, 0.2) is 5.84 Å². The molecule has 1 aromatic carbocycles. The molecule has 0 heterocycles. The second-order valence-corrected chi connectivity index (χ2v) is 4.62. The molecule has 0 spiro atoms. The maximum absolute atomic E-state index is 12.0. The fourth-order valence-corrected chi connectivity index (χ4v) is 1.70. The van der Waals surface area contributed by atoms with Crippen LogP contribution in [-0.2, 0) is 4.74 Å². The van der Waals surface area contributed by atoms with Gasteiger partial charge in [0.1, 0.15) is 0 Å². The number of benzene rings is 1. The van der Waals surface area contributed by atoms with Crippen LogP contribution in [0.5, 0.6) is 0 Å². The van der Waals surface area contributed by atoms with Gasteiger partial charge < -0.3 is 25.9 Å². The van der Waals surface area contributed by atoms with E-state index in [-0.39, 0.29) is 11.7 Å². The van der Waals surface area contributed by atoms with Crippen LogP contribution in [0.4, 0.5) is 0 Å². The van der Waals surface area contributed by atoms with Gasteiger partial charge in [0.25, 0.3) is 5.91 Å². The first-order chi connectivity index (χ1) is 10.1. The Kier molecular flexibility index (Phi) is 7.20. The molecule has 4 N–H and O–H groups in total. The lowest BCUT2D eigenvalue weighted by atomic mass is 10.1. The number of rotatable bonds is 8. The maximum Gasteiger partial charge on any atom is 0.251 e. The molecule has 21 heavy (non-hydrogen) atoms. The molecule has 0 aliphatic rings. The number of nitrogens with zero attached hydrogens (tertiary/aromatic N) is 2. The molecule has 0 radical (unpaired) electrons. The van der Waals surface area contributed by atoms with E-state index < -0.39 is 0 Å². The van der Waals surface area contributed by atoms with Crippen LogP contribution in [0, 0.1) is 0 Å². The predicted octanol–water partition coefficient (Wildman–Crippen LogP) is 0.0891. The quantitative estimate of drug-likeness (QED) is 0.273. The van der Waals surface area contributed by atoms with Crippen molar-refractivity contribution in [3.05, 3.63) is 35.4 Å². The number of likely N-dealkylation sites (N-methyl/N-ethyl adjacent to an activating group) is 1. The van der Waals surface area contributed by atoms with E-state index in [2.05, 4.69) is 15.4 Å². The van der Waals surface area contributed by atoms with Crippen molar-refractivity contribution in [3.8, 4) is 0 Å². The lowest BCUT2D eigenvalue weighted by molar-refractivity contribution is 0.0947. The van der Waals surface area contributed by atoms with Gasteiger partial charge in [-0.25, -0.2) is 0 Å². The Morgan fingerprint density at radius 3 is 2.81 bits per heavy atom. The Morgan fingerprint density at radius 2 is 2.14 bits per heavy atom. The number of methoxy groups -OCH3 is 1. The molecule has 1 amide bonds. The Hall–Kier alpha value is -2.12. The first kappa shape index (κ1) is 16.9. The number of carbonyl (C=O) groups excluding carboxylic acids is 1. The van der Waals surface area contributed by atoms with Gasteiger partial charge >= 0.3 is 0 Å². The summed E-state index contributed by atoms with van der Waals surface area (Å²) in [5.74, 6) is -0.216. The van der Waals surface area contributed by atoms with E-state index in [4.69, 9.17) is 15.7 Å². The Morgan fingerprint density at radius 1 is 1.43 bits per heavy atom. The number of carbonyl (C=O) groups is 1. The highest BCUT2D eigenvalue weighted by atomic mass is 16.5. The smallest absolute Gasteiger partial charge is 0.251 e. The summed E-state index contributed by atoms with van der Waals surface area (Å²) in [4.78, 5) is 14.1. The summed E-state index contributed by atoms with van der Waals surface area (Å²) in [6.07, 6.45) is 0. The standard InChI is InChI=1S/C14H22N4O3/c1-18(8-9-21-2)7-6-16-14(19)12-5-3-4-11(10-12)13(15)17-20/h3-5,10,20H,6-9H2,1-2H3,(H2,15,17)(H,16,19). The van der Waals surface area contributed by atoms with E-state index in [0.29, 0.717) is 24.3 Å². The summed E-state index contributed by atoms with van der Waals surface area (Å²) in [6, 6.07) is 6.62. The lowest BCUT2D eigenvalue weighted by Gasteiger charge is -2.16. The summed E-state index contributed by atoms with van der Waals surface area (Å²) in [5.41, 5.74) is 6.47. The first-order valence-corrected chi connectivity index (χ1v) is 6.62. The van der Waals surface area contributed by atoms with Crippen molar-refractivity contribution in [2.75, 3.05) is 40.4 Å². The van der Waals surface area contributed by atoms with Gasteiger partial charge in [-0.15, -0.1) is 0 Å². The SMILES string of the molecule is COCCN(C)CCNC(=O)c1cccc(C(N)=NO)c1. The summed E-state index contributed by atoms with van der Waals surface area (Å²) < 4.78 is 4.98. The third-order valence-electron chi connectivity index (χ3n) is 2.98. The molecule has 7 heteroatoms. The Bertz CT molecular complexity index is 491. The molecule has 0 bridgehead atoms. The van der Waals surface area contributed by atoms with Gasteiger partial charge in [0.05, 0.1) is 6.61 Å². The van der Waals surface area contributed by atoms with E-state index >= 15 is 0 Å². The Labute approximate surface area is 124 Å². The second kappa shape index (κ2) is 8.93. The molecule has 1 rings (SSSR count). The molecule has 0 aromatic heterocycles. The Balaban J connectivity index is 2.49. The molecule has 0 aliphatic carbocycles. The number of oxime groups is 1. The van der Waals surface area contributed by atoms with Crippen LogP contribution in [0.25, 0.3) is 0 Å². The summed E-state index contributed by atoms with van der Waals surface area (Å²) >= 11 is 0. The van der Waals surface area contributed by atoms with Crippen LogP contribution in [0.3, 0.4) is 0 Å². The fourth-order valence-electron chi connectivity index (χ4n) is 1.70. The highest BCUT2D eigenvalue weighted by Gasteiger charge is 2.08. The minimum Gasteiger partial charge on any atom is -0.409 e. The van der Waals surface area contributed by atoms with Crippen molar-refractivity contribution < 1.29 is 14.7 Å². The summed E-state index contributed by atoms with van der Waals surface area (Å²) in [6.45, 7) is 2.74. The van der Waals surface area contributed by atoms with Crippen LogP contribution in [0.1, 0.15) is 15.9 Å². The number of hydrogen-bond acceptors (Lipinski definition) is 5. The van der Waals surface area contributed by atoms with Crippen molar-refractivity contribution >= 4 is 11.7 Å². The molecule has 0 unspecified atom stereocenters. The van der Waals surface area contributed by atoms with Gasteiger partial charge in [-0.1, -0.05) is 17.3 Å². The van der Waals surface area contributed by atoms with Crippen molar-refractivity contribution in [1.29, 1.82) is 0 Å². The number of hydrogen-bond donors (Lipinski definition) is 3. The van der Waals surface area contributed by atoms with Crippen molar-refractivity contribution in [3.63, 3.8) is 0 Å². The number of amidine groups is 1. The lowest BCUT2D eigenvalue weighted by Crippen LogP contribution is -2.34. The number of ether oxygens (including phenoxy) is 1. The highest BCUT2D eigenvalue weighted by Crippen LogP contribution is 2.05. The van der Waals surface area contributed by atoms with Crippen LogP contribution in [0.2, 0.25) is 0 Å². The normalized spacial score (nSPS) is 11.7. The number of amides is 1. The predicted molar refractivity (Wildman–Crippen MR) is 80.7 cm³/mol. The van der Waals surface area contributed by atoms with Crippen LogP contribution < -0.4 is 11.1 Å². The summed E-state index contributed by atoms with van der Waals surface area (Å²) in [5, 5.41) is 14.4. The third-order valence-corrected chi connectivity index (χ3v) is 2.98. The topological polar surface area (TPSA) is 100 Å². The third kappa shape index (κ3) is 5.80. The zero-order valence-electron chi connectivity index (χ0n) is 12.4. The number of nitrogens with two attached hydrogens (primary N) is 1. The first-order valence-electron chi connectivity index (χ1n) is 6.62. The fraction of sp³-hybridized carbons (Fsp3) is 0.429. The van der Waals surface area contributed by atoms with E-state index in [1.165, 1.54) is 0 Å². The monoisotopic (exact) mass is 294 g/mol. The molecular formula is C14H22N4O3. The summed E-state index contributed by atoms with van der Waals surface area (Å²) in [7, 11) is 3.62. The molecule has 116 valence electrons. The minimum absolute atomic E-state index is 0.0241. The van der Waals surface area contributed by atoms with Crippen molar-refractivity contribution in [2.45, 2.75) is 0 Å². The molecule has 0 aliphatic heterocycles. The molecule has 7 nitrogen and oxygen atoms in total. The molecule has 1 aromatic rings. The zero-order valence-corrected chi connectivity index (χ0v) is 12.4. The van der Waals surface area contributed by atoms with Gasteiger partial charge in [-0.2, -0.15) is 0 Å². The largest absolute Gasteiger partial charge is 0.409 e. The minimum atomic E-state index is -0.192. The second-order valence-electron chi connectivity index (χ2n) is 4.62.